The van der Waals surface area contributed by atoms with Gasteiger partial charge in [-0.3, -0.25) is 4.79 Å². The number of ether oxygens (including phenoxy) is 3. The van der Waals surface area contributed by atoms with Crippen molar-refractivity contribution >= 4 is 28.1 Å². The quantitative estimate of drug-likeness (QED) is 0.433. The molecule has 2 aromatic rings. The number of methoxy groups -OCH3 is 1. The molecule has 6 nitrogen and oxygen atoms in total. The number of nitrogens with one attached hydrogen (secondary N) is 1. The van der Waals surface area contributed by atoms with E-state index in [4.69, 9.17) is 14.2 Å². The second-order valence-corrected chi connectivity index (χ2v) is 6.86. The van der Waals surface area contributed by atoms with E-state index in [1.165, 1.54) is 0 Å². The third-order valence-electron chi connectivity index (χ3n) is 3.81. The lowest BCUT2D eigenvalue weighted by molar-refractivity contribution is -0.123. The Kier molecular flexibility index (Phi) is 8.81. The number of hydrogen-bond acceptors (Lipinski definition) is 5. The Morgan fingerprint density at radius 2 is 1.89 bits per heavy atom. The molecule has 0 atom stereocenters. The molecule has 0 aliphatic carbocycles. The highest BCUT2D eigenvalue weighted by molar-refractivity contribution is 9.10. The van der Waals surface area contributed by atoms with E-state index in [1.807, 2.05) is 44.2 Å². The van der Waals surface area contributed by atoms with Gasteiger partial charge in [0, 0.05) is 4.47 Å². The van der Waals surface area contributed by atoms with Crippen molar-refractivity contribution in [1.82, 2.24) is 5.43 Å². The minimum atomic E-state index is -0.337. The van der Waals surface area contributed by atoms with Gasteiger partial charge in [-0.15, -0.1) is 0 Å². The molecule has 0 saturated carbocycles. The van der Waals surface area contributed by atoms with Crippen molar-refractivity contribution in [1.29, 1.82) is 0 Å². The maximum absolute atomic E-state index is 12.0. The Morgan fingerprint density at radius 1 is 1.11 bits per heavy atom. The van der Waals surface area contributed by atoms with Crippen molar-refractivity contribution in [2.45, 2.75) is 26.7 Å². The molecular formula is C21H25BrN2O4. The van der Waals surface area contributed by atoms with Gasteiger partial charge in [0.05, 0.1) is 19.9 Å². The van der Waals surface area contributed by atoms with Crippen LogP contribution in [0.3, 0.4) is 0 Å². The van der Waals surface area contributed by atoms with Crippen LogP contribution < -0.4 is 19.6 Å². The Balaban J connectivity index is 1.89. The van der Waals surface area contributed by atoms with Gasteiger partial charge in [-0.1, -0.05) is 29.8 Å². The first-order chi connectivity index (χ1) is 13.6. The van der Waals surface area contributed by atoms with Crippen LogP contribution in [-0.2, 0) is 11.2 Å². The minimum absolute atomic E-state index is 0.112. The van der Waals surface area contributed by atoms with Crippen LogP contribution in [0.15, 0.2) is 46.0 Å². The van der Waals surface area contributed by atoms with E-state index in [0.29, 0.717) is 23.9 Å². The van der Waals surface area contributed by atoms with Crippen LogP contribution >= 0.6 is 15.9 Å². The van der Waals surface area contributed by atoms with E-state index >= 15 is 0 Å². The van der Waals surface area contributed by atoms with Gasteiger partial charge in [0.2, 0.25) is 0 Å². The Morgan fingerprint density at radius 3 is 2.61 bits per heavy atom. The van der Waals surface area contributed by atoms with Gasteiger partial charge in [0.25, 0.3) is 5.91 Å². The average molecular weight is 449 g/mol. The number of carbonyl (C=O) groups is 1. The molecule has 7 heteroatoms. The van der Waals surface area contributed by atoms with E-state index in [-0.39, 0.29) is 12.5 Å². The smallest absolute Gasteiger partial charge is 0.277 e. The number of aryl methyl sites for hydroxylation is 1. The van der Waals surface area contributed by atoms with Crippen LogP contribution in [0.5, 0.6) is 17.2 Å². The first-order valence-electron chi connectivity index (χ1n) is 9.11. The van der Waals surface area contributed by atoms with E-state index < -0.39 is 0 Å². The van der Waals surface area contributed by atoms with Crippen molar-refractivity contribution in [3.05, 3.63) is 52.0 Å². The minimum Gasteiger partial charge on any atom is -0.493 e. The number of nitrogens with zero attached hydrogens (tertiary/aromatic N) is 1. The molecule has 0 aliphatic heterocycles. The third kappa shape index (κ3) is 6.56. The van der Waals surface area contributed by atoms with Gasteiger partial charge in [0.15, 0.2) is 18.1 Å². The van der Waals surface area contributed by atoms with Crippen molar-refractivity contribution in [3.63, 3.8) is 0 Å². The predicted molar refractivity (Wildman–Crippen MR) is 114 cm³/mol. The Hall–Kier alpha value is -2.54. The SMILES string of the molecule is CCCOc1ccc(/C=N/NC(=O)COc2ccc(Br)cc2CC)cc1OC. The molecule has 0 unspecified atom stereocenters. The van der Waals surface area contributed by atoms with Crippen LogP contribution in [0.25, 0.3) is 0 Å². The van der Waals surface area contributed by atoms with E-state index in [0.717, 1.165) is 28.4 Å². The number of benzene rings is 2. The van der Waals surface area contributed by atoms with Gasteiger partial charge >= 0.3 is 0 Å². The Labute approximate surface area is 174 Å². The highest BCUT2D eigenvalue weighted by Crippen LogP contribution is 2.27. The fraction of sp³-hybridized carbons (Fsp3) is 0.333. The third-order valence-corrected chi connectivity index (χ3v) is 4.31. The number of amides is 1. The monoisotopic (exact) mass is 448 g/mol. The highest BCUT2D eigenvalue weighted by Gasteiger charge is 2.07. The molecule has 2 rings (SSSR count). The summed E-state index contributed by atoms with van der Waals surface area (Å²) in [5.41, 5.74) is 4.27. The van der Waals surface area contributed by atoms with Crippen LogP contribution in [-0.4, -0.2) is 32.4 Å². The summed E-state index contributed by atoms with van der Waals surface area (Å²) in [6.45, 7) is 4.59. The summed E-state index contributed by atoms with van der Waals surface area (Å²) in [4.78, 5) is 12.0. The predicted octanol–water partition coefficient (Wildman–Crippen LogP) is 4.34. The second-order valence-electron chi connectivity index (χ2n) is 5.95. The molecule has 2 aromatic carbocycles. The molecule has 0 heterocycles. The zero-order chi connectivity index (χ0) is 20.4. The van der Waals surface area contributed by atoms with Gasteiger partial charge in [-0.05, 0) is 60.4 Å². The number of hydrogen-bond donors (Lipinski definition) is 1. The summed E-state index contributed by atoms with van der Waals surface area (Å²) in [5, 5.41) is 3.97. The van der Waals surface area contributed by atoms with Crippen LogP contribution in [0.2, 0.25) is 0 Å². The summed E-state index contributed by atoms with van der Waals surface area (Å²) in [7, 11) is 1.58. The summed E-state index contributed by atoms with van der Waals surface area (Å²) in [6.07, 6.45) is 3.27. The number of hydrazone groups is 1. The number of halogens is 1. The highest BCUT2D eigenvalue weighted by atomic mass is 79.9. The molecule has 0 bridgehead atoms. The number of carbonyl (C=O) groups excluding carboxylic acids is 1. The lowest BCUT2D eigenvalue weighted by Gasteiger charge is -2.10. The zero-order valence-corrected chi connectivity index (χ0v) is 17.9. The first kappa shape index (κ1) is 21.8. The molecule has 0 spiro atoms. The maximum Gasteiger partial charge on any atom is 0.277 e. The molecule has 0 fully saturated rings. The molecular weight excluding hydrogens is 424 g/mol. The molecule has 1 amide bonds. The maximum atomic E-state index is 12.0. The number of rotatable bonds is 10. The van der Waals surface area contributed by atoms with Crippen molar-refractivity contribution in [2.75, 3.05) is 20.3 Å². The van der Waals surface area contributed by atoms with Gasteiger partial charge < -0.3 is 14.2 Å². The van der Waals surface area contributed by atoms with Crippen molar-refractivity contribution in [3.8, 4) is 17.2 Å². The molecule has 1 N–H and O–H groups in total. The van der Waals surface area contributed by atoms with Crippen molar-refractivity contribution < 1.29 is 19.0 Å². The molecule has 0 aromatic heterocycles. The summed E-state index contributed by atoms with van der Waals surface area (Å²) < 4.78 is 17.5. The summed E-state index contributed by atoms with van der Waals surface area (Å²) in [5.74, 6) is 1.66. The molecule has 0 saturated heterocycles. The van der Waals surface area contributed by atoms with E-state index in [2.05, 4.69) is 26.5 Å². The van der Waals surface area contributed by atoms with E-state index in [9.17, 15) is 4.79 Å². The van der Waals surface area contributed by atoms with Crippen LogP contribution in [0.4, 0.5) is 0 Å². The lowest BCUT2D eigenvalue weighted by Crippen LogP contribution is -2.24. The molecule has 150 valence electrons. The van der Waals surface area contributed by atoms with Gasteiger partial charge in [0.1, 0.15) is 5.75 Å². The van der Waals surface area contributed by atoms with Crippen molar-refractivity contribution in [2.24, 2.45) is 5.10 Å². The fourth-order valence-electron chi connectivity index (χ4n) is 2.42. The largest absolute Gasteiger partial charge is 0.493 e. The van der Waals surface area contributed by atoms with Crippen LogP contribution in [0.1, 0.15) is 31.4 Å². The summed E-state index contributed by atoms with van der Waals surface area (Å²) >= 11 is 3.43. The lowest BCUT2D eigenvalue weighted by atomic mass is 10.1. The second kappa shape index (κ2) is 11.3. The van der Waals surface area contributed by atoms with Gasteiger partial charge in [-0.25, -0.2) is 5.43 Å². The summed E-state index contributed by atoms with van der Waals surface area (Å²) in [6, 6.07) is 11.2. The average Bonchev–Trinajstić information content (AvgIpc) is 2.71. The first-order valence-corrected chi connectivity index (χ1v) is 9.90. The fourth-order valence-corrected chi connectivity index (χ4v) is 2.82. The normalized spacial score (nSPS) is 10.7. The molecule has 28 heavy (non-hydrogen) atoms. The van der Waals surface area contributed by atoms with Crippen LogP contribution in [0, 0.1) is 0 Å². The standard InChI is InChI=1S/C21H25BrN2O4/c1-4-10-27-19-8-6-15(11-20(19)26-3)13-23-24-21(25)14-28-18-9-7-17(22)12-16(18)5-2/h6-9,11-13H,4-5,10,14H2,1-3H3,(H,24,25)/b23-13+. The topological polar surface area (TPSA) is 69.2 Å². The van der Waals surface area contributed by atoms with E-state index in [1.54, 1.807) is 19.4 Å². The van der Waals surface area contributed by atoms with Gasteiger partial charge in [-0.2, -0.15) is 5.10 Å². The Bertz CT molecular complexity index is 824. The molecule has 0 radical (unpaired) electrons. The zero-order valence-electron chi connectivity index (χ0n) is 16.3. The molecule has 0 aliphatic rings.